The second-order valence-electron chi connectivity index (χ2n) is 3.50. The highest BCUT2D eigenvalue weighted by molar-refractivity contribution is 5.65. The number of rotatable bonds is 2. The molecule has 0 N–H and O–H groups in total. The summed E-state index contributed by atoms with van der Waals surface area (Å²) in [7, 11) is 0. The highest BCUT2D eigenvalue weighted by Crippen LogP contribution is 2.02. The van der Waals surface area contributed by atoms with E-state index in [2.05, 4.69) is 19.9 Å². The van der Waals surface area contributed by atoms with Crippen LogP contribution in [0, 0.1) is 13.8 Å². The summed E-state index contributed by atoms with van der Waals surface area (Å²) >= 11 is 0. The Bertz CT molecular complexity index is 438. The number of hydrogen-bond donors (Lipinski definition) is 0. The molecule has 0 aliphatic heterocycles. The molecule has 2 aromatic heterocycles. The van der Waals surface area contributed by atoms with Crippen molar-refractivity contribution in [2.45, 2.75) is 13.8 Å². The predicted molar refractivity (Wildman–Crippen MR) is 62.5 cm³/mol. The van der Waals surface area contributed by atoms with Crippen LogP contribution in [-0.4, -0.2) is 19.9 Å². The van der Waals surface area contributed by atoms with Crippen molar-refractivity contribution in [2.75, 3.05) is 0 Å². The molecule has 0 amide bonds. The largest absolute Gasteiger partial charge is 0.258 e. The molecule has 0 fully saturated rings. The molecular weight excluding hydrogens is 200 g/mol. The average molecular weight is 212 g/mol. The van der Waals surface area contributed by atoms with E-state index in [4.69, 9.17) is 0 Å². The van der Waals surface area contributed by atoms with Crippen molar-refractivity contribution in [1.82, 2.24) is 19.9 Å². The van der Waals surface area contributed by atoms with Crippen LogP contribution in [0.25, 0.3) is 12.2 Å². The van der Waals surface area contributed by atoms with Gasteiger partial charge in [0.1, 0.15) is 0 Å². The Morgan fingerprint density at radius 1 is 0.688 bits per heavy atom. The maximum absolute atomic E-state index is 4.21. The lowest BCUT2D eigenvalue weighted by Gasteiger charge is -1.94. The van der Waals surface area contributed by atoms with Gasteiger partial charge in [0.15, 0.2) is 0 Å². The van der Waals surface area contributed by atoms with Crippen LogP contribution in [0.3, 0.4) is 0 Å². The first-order chi connectivity index (χ1) is 7.74. The Balaban J connectivity index is 2.15. The van der Waals surface area contributed by atoms with Crippen molar-refractivity contribution >= 4 is 12.2 Å². The fraction of sp³-hybridized carbons (Fsp3) is 0.167. The second kappa shape index (κ2) is 4.61. The molecule has 80 valence electrons. The summed E-state index contributed by atoms with van der Waals surface area (Å²) in [5.74, 6) is 0. The minimum absolute atomic E-state index is 0.813. The third kappa shape index (κ3) is 2.70. The highest BCUT2D eigenvalue weighted by atomic mass is 14.8. The molecule has 0 spiro atoms. The van der Waals surface area contributed by atoms with E-state index >= 15 is 0 Å². The van der Waals surface area contributed by atoms with Gasteiger partial charge in [-0.3, -0.25) is 19.9 Å². The summed E-state index contributed by atoms with van der Waals surface area (Å²) in [6.07, 6.45) is 10.7. The van der Waals surface area contributed by atoms with E-state index in [9.17, 15) is 0 Å². The molecule has 0 bridgehead atoms. The van der Waals surface area contributed by atoms with Crippen LogP contribution in [0.1, 0.15) is 22.8 Å². The second-order valence-corrected chi connectivity index (χ2v) is 3.50. The van der Waals surface area contributed by atoms with Gasteiger partial charge in [0.05, 0.1) is 35.2 Å². The normalized spacial score (nSPS) is 10.9. The van der Waals surface area contributed by atoms with Gasteiger partial charge in [-0.25, -0.2) is 0 Å². The maximum atomic E-state index is 4.21. The van der Waals surface area contributed by atoms with Crippen LogP contribution in [0.2, 0.25) is 0 Å². The molecule has 0 unspecified atom stereocenters. The first-order valence-corrected chi connectivity index (χ1v) is 4.99. The highest BCUT2D eigenvalue weighted by Gasteiger charge is 1.91. The van der Waals surface area contributed by atoms with Crippen LogP contribution in [-0.2, 0) is 0 Å². The predicted octanol–water partition coefficient (Wildman–Crippen LogP) is 2.05. The Labute approximate surface area is 94.1 Å². The zero-order valence-electron chi connectivity index (χ0n) is 9.25. The molecule has 2 heterocycles. The molecule has 4 heteroatoms. The first kappa shape index (κ1) is 10.4. The Morgan fingerprint density at radius 3 is 1.44 bits per heavy atom. The molecule has 0 aliphatic rings. The van der Waals surface area contributed by atoms with Crippen LogP contribution in [0.5, 0.6) is 0 Å². The van der Waals surface area contributed by atoms with Gasteiger partial charge < -0.3 is 0 Å². The van der Waals surface area contributed by atoms with Gasteiger partial charge in [0.2, 0.25) is 0 Å². The number of nitrogens with zero attached hydrogens (tertiary/aromatic N) is 4. The van der Waals surface area contributed by atoms with E-state index < -0.39 is 0 Å². The van der Waals surface area contributed by atoms with Crippen LogP contribution in [0.15, 0.2) is 24.8 Å². The van der Waals surface area contributed by atoms with E-state index in [1.165, 1.54) is 0 Å². The molecule has 0 atom stereocenters. The van der Waals surface area contributed by atoms with Gasteiger partial charge in [0.25, 0.3) is 0 Å². The summed E-state index contributed by atoms with van der Waals surface area (Å²) in [5, 5.41) is 0. The van der Waals surface area contributed by atoms with Crippen molar-refractivity contribution < 1.29 is 0 Å². The summed E-state index contributed by atoms with van der Waals surface area (Å²) < 4.78 is 0. The van der Waals surface area contributed by atoms with Gasteiger partial charge in [-0.15, -0.1) is 0 Å². The topological polar surface area (TPSA) is 51.6 Å². The van der Waals surface area contributed by atoms with Gasteiger partial charge in [-0.1, -0.05) is 0 Å². The lowest BCUT2D eigenvalue weighted by atomic mass is 10.3. The standard InChI is InChI=1S/C12H12N4/c1-9-5-15-11(7-13-9)3-4-12-8-14-10(2)6-16-12/h3-8H,1-2H3/b4-3+. The van der Waals surface area contributed by atoms with Crippen LogP contribution in [0.4, 0.5) is 0 Å². The van der Waals surface area contributed by atoms with Crippen LogP contribution < -0.4 is 0 Å². The van der Waals surface area contributed by atoms with Crippen molar-refractivity contribution in [3.05, 3.63) is 47.6 Å². The summed E-state index contributed by atoms with van der Waals surface area (Å²) in [5.41, 5.74) is 3.44. The lowest BCUT2D eigenvalue weighted by molar-refractivity contribution is 1.10. The Hall–Kier alpha value is -2.10. The molecule has 0 aromatic carbocycles. The van der Waals surface area contributed by atoms with E-state index in [0.29, 0.717) is 0 Å². The smallest absolute Gasteiger partial charge is 0.0813 e. The quantitative estimate of drug-likeness (QED) is 0.764. The minimum Gasteiger partial charge on any atom is -0.258 e. The molecule has 0 radical (unpaired) electrons. The molecule has 0 saturated heterocycles. The monoisotopic (exact) mass is 212 g/mol. The van der Waals surface area contributed by atoms with Crippen molar-refractivity contribution in [2.24, 2.45) is 0 Å². The SMILES string of the molecule is Cc1cnc(/C=C/c2cnc(C)cn2)cn1. The Kier molecular flexibility index (Phi) is 3.00. The van der Waals surface area contributed by atoms with E-state index in [1.807, 2.05) is 26.0 Å². The lowest BCUT2D eigenvalue weighted by Crippen LogP contribution is -1.87. The third-order valence-corrected chi connectivity index (χ3v) is 2.03. The summed E-state index contributed by atoms with van der Waals surface area (Å²) in [6.45, 7) is 3.82. The van der Waals surface area contributed by atoms with Crippen LogP contribution >= 0.6 is 0 Å². The molecule has 16 heavy (non-hydrogen) atoms. The van der Waals surface area contributed by atoms with Gasteiger partial charge in [0, 0.05) is 12.4 Å². The average Bonchev–Trinajstić information content (AvgIpc) is 2.30. The fourth-order valence-corrected chi connectivity index (χ4v) is 1.15. The van der Waals surface area contributed by atoms with E-state index in [-0.39, 0.29) is 0 Å². The number of aromatic nitrogens is 4. The van der Waals surface area contributed by atoms with Crippen molar-refractivity contribution in [3.63, 3.8) is 0 Å². The molecule has 0 saturated carbocycles. The Morgan fingerprint density at radius 2 is 1.12 bits per heavy atom. The van der Waals surface area contributed by atoms with E-state index in [1.54, 1.807) is 24.8 Å². The molecule has 2 rings (SSSR count). The van der Waals surface area contributed by atoms with E-state index in [0.717, 1.165) is 22.8 Å². The summed E-state index contributed by atoms with van der Waals surface area (Å²) in [6, 6.07) is 0. The molecule has 4 nitrogen and oxygen atoms in total. The maximum Gasteiger partial charge on any atom is 0.0813 e. The van der Waals surface area contributed by atoms with Crippen molar-refractivity contribution in [1.29, 1.82) is 0 Å². The third-order valence-electron chi connectivity index (χ3n) is 2.03. The number of aryl methyl sites for hydroxylation is 2. The molecular formula is C12H12N4. The summed E-state index contributed by atoms with van der Waals surface area (Å²) in [4.78, 5) is 16.7. The minimum atomic E-state index is 0.813. The van der Waals surface area contributed by atoms with Gasteiger partial charge in [-0.05, 0) is 26.0 Å². The van der Waals surface area contributed by atoms with Gasteiger partial charge in [-0.2, -0.15) is 0 Å². The van der Waals surface area contributed by atoms with Gasteiger partial charge >= 0.3 is 0 Å². The zero-order valence-corrected chi connectivity index (χ0v) is 9.25. The molecule has 2 aromatic rings. The zero-order chi connectivity index (χ0) is 11.4. The molecule has 0 aliphatic carbocycles. The first-order valence-electron chi connectivity index (χ1n) is 4.99. The fourth-order valence-electron chi connectivity index (χ4n) is 1.15. The number of hydrogen-bond acceptors (Lipinski definition) is 4. The van der Waals surface area contributed by atoms with Crippen molar-refractivity contribution in [3.8, 4) is 0 Å².